The highest BCUT2D eigenvalue weighted by atomic mass is 16.5. The van der Waals surface area contributed by atoms with Crippen molar-refractivity contribution in [1.29, 1.82) is 0 Å². The molecule has 2 aliphatic heterocycles. The molecule has 5 nitrogen and oxygen atoms in total. The lowest BCUT2D eigenvalue weighted by Crippen LogP contribution is -2.52. The van der Waals surface area contributed by atoms with Crippen molar-refractivity contribution in [1.82, 2.24) is 14.5 Å². The third-order valence-electron chi connectivity index (χ3n) is 4.68. The predicted molar refractivity (Wildman–Crippen MR) is 81.9 cm³/mol. The molecule has 114 valence electrons. The number of carbonyl (C=O) groups is 1. The summed E-state index contributed by atoms with van der Waals surface area (Å²) in [5, 5.41) is 0. The number of benzene rings is 1. The van der Waals surface area contributed by atoms with Gasteiger partial charge in [0, 0.05) is 38.2 Å². The first-order chi connectivity index (χ1) is 10.8. The van der Waals surface area contributed by atoms with Crippen LogP contribution in [0.15, 0.2) is 42.9 Å². The second-order valence-electron chi connectivity index (χ2n) is 6.10. The van der Waals surface area contributed by atoms with E-state index in [1.807, 2.05) is 46.0 Å². The maximum absolute atomic E-state index is 12.5. The number of nitrogens with zero attached hydrogens (tertiary/aromatic N) is 3. The number of hydrogen-bond acceptors (Lipinski definition) is 3. The van der Waals surface area contributed by atoms with E-state index in [2.05, 4.69) is 4.98 Å². The fraction of sp³-hybridized carbons (Fsp3) is 0.412. The van der Waals surface area contributed by atoms with Gasteiger partial charge in [0.05, 0.1) is 0 Å². The van der Waals surface area contributed by atoms with Crippen molar-refractivity contribution >= 4 is 5.91 Å². The number of rotatable bonds is 3. The van der Waals surface area contributed by atoms with Gasteiger partial charge in [0.15, 0.2) is 0 Å². The molecule has 1 aromatic heterocycles. The number of para-hydroxylation sites is 1. The number of likely N-dealkylation sites (tertiary alicyclic amines) is 1. The van der Waals surface area contributed by atoms with E-state index in [9.17, 15) is 4.79 Å². The number of hydrogen-bond donors (Lipinski definition) is 0. The standard InChI is InChI=1S/C17H19N3O2/c21-17(19-8-14(9-19)13-6-7-22-11-13)16-10-20(12-18-16)15-4-2-1-3-5-15/h1-5,10,12-14H,6-9,11H2. The van der Waals surface area contributed by atoms with Crippen LogP contribution in [-0.4, -0.2) is 46.7 Å². The summed E-state index contributed by atoms with van der Waals surface area (Å²) in [6.45, 7) is 3.40. The van der Waals surface area contributed by atoms with E-state index in [1.165, 1.54) is 0 Å². The normalized spacial score (nSPS) is 21.8. The molecule has 1 aromatic carbocycles. The summed E-state index contributed by atoms with van der Waals surface area (Å²) in [5.41, 5.74) is 1.53. The van der Waals surface area contributed by atoms with E-state index in [-0.39, 0.29) is 5.91 Å². The molecule has 2 fully saturated rings. The van der Waals surface area contributed by atoms with Crippen LogP contribution >= 0.6 is 0 Å². The molecular formula is C17H19N3O2. The SMILES string of the molecule is O=C(c1cn(-c2ccccc2)cn1)N1CC(C2CCOC2)C1. The molecule has 5 heteroatoms. The largest absolute Gasteiger partial charge is 0.381 e. The maximum atomic E-state index is 12.5. The van der Waals surface area contributed by atoms with Gasteiger partial charge in [-0.3, -0.25) is 4.79 Å². The van der Waals surface area contributed by atoms with Gasteiger partial charge in [0.25, 0.3) is 5.91 Å². The highest BCUT2D eigenvalue weighted by molar-refractivity contribution is 5.92. The summed E-state index contributed by atoms with van der Waals surface area (Å²) in [4.78, 5) is 18.6. The lowest BCUT2D eigenvalue weighted by Gasteiger charge is -2.41. The number of amides is 1. The monoisotopic (exact) mass is 297 g/mol. The third-order valence-corrected chi connectivity index (χ3v) is 4.68. The molecule has 2 saturated heterocycles. The molecule has 1 atom stereocenters. The highest BCUT2D eigenvalue weighted by Crippen LogP contribution is 2.30. The van der Waals surface area contributed by atoms with Crippen molar-refractivity contribution in [2.45, 2.75) is 6.42 Å². The fourth-order valence-corrected chi connectivity index (χ4v) is 3.24. The summed E-state index contributed by atoms with van der Waals surface area (Å²) in [7, 11) is 0. The molecule has 0 radical (unpaired) electrons. The van der Waals surface area contributed by atoms with Crippen molar-refractivity contribution in [3.8, 4) is 5.69 Å². The van der Waals surface area contributed by atoms with Gasteiger partial charge in [-0.2, -0.15) is 0 Å². The zero-order valence-electron chi connectivity index (χ0n) is 12.4. The molecule has 4 rings (SSSR count). The first-order valence-electron chi connectivity index (χ1n) is 7.78. The predicted octanol–water partition coefficient (Wildman–Crippen LogP) is 1.98. The van der Waals surface area contributed by atoms with Crippen LogP contribution in [0.1, 0.15) is 16.9 Å². The second-order valence-corrected chi connectivity index (χ2v) is 6.10. The minimum Gasteiger partial charge on any atom is -0.381 e. The van der Waals surface area contributed by atoms with Crippen LogP contribution in [0.3, 0.4) is 0 Å². The quantitative estimate of drug-likeness (QED) is 0.870. The summed E-state index contributed by atoms with van der Waals surface area (Å²) in [5.74, 6) is 1.26. The van der Waals surface area contributed by atoms with Gasteiger partial charge in [-0.1, -0.05) is 18.2 Å². The number of ether oxygens (including phenoxy) is 1. The molecule has 2 aliphatic rings. The lowest BCUT2D eigenvalue weighted by atomic mass is 9.85. The van der Waals surface area contributed by atoms with Gasteiger partial charge < -0.3 is 14.2 Å². The number of carbonyl (C=O) groups excluding carboxylic acids is 1. The third kappa shape index (κ3) is 2.41. The molecule has 0 bridgehead atoms. The average Bonchev–Trinajstić information content (AvgIpc) is 3.18. The summed E-state index contributed by atoms with van der Waals surface area (Å²) < 4.78 is 7.31. The Morgan fingerprint density at radius 3 is 2.73 bits per heavy atom. The first kappa shape index (κ1) is 13.5. The van der Waals surface area contributed by atoms with E-state index >= 15 is 0 Å². The van der Waals surface area contributed by atoms with E-state index in [0.29, 0.717) is 17.5 Å². The van der Waals surface area contributed by atoms with Gasteiger partial charge in [-0.15, -0.1) is 0 Å². The summed E-state index contributed by atoms with van der Waals surface area (Å²) >= 11 is 0. The van der Waals surface area contributed by atoms with Crippen molar-refractivity contribution in [3.63, 3.8) is 0 Å². The second kappa shape index (κ2) is 5.57. The number of aromatic nitrogens is 2. The van der Waals surface area contributed by atoms with E-state index in [1.54, 1.807) is 6.33 Å². The Morgan fingerprint density at radius 2 is 2.00 bits per heavy atom. The van der Waals surface area contributed by atoms with Crippen LogP contribution in [0.5, 0.6) is 0 Å². The molecule has 0 aliphatic carbocycles. The van der Waals surface area contributed by atoms with Gasteiger partial charge in [0.2, 0.25) is 0 Å². The summed E-state index contributed by atoms with van der Waals surface area (Å²) in [6, 6.07) is 9.91. The minimum atomic E-state index is 0.0323. The Morgan fingerprint density at radius 1 is 1.18 bits per heavy atom. The Hall–Kier alpha value is -2.14. The first-order valence-corrected chi connectivity index (χ1v) is 7.78. The van der Waals surface area contributed by atoms with Crippen LogP contribution in [0.4, 0.5) is 0 Å². The van der Waals surface area contributed by atoms with Crippen LogP contribution in [0.2, 0.25) is 0 Å². The maximum Gasteiger partial charge on any atom is 0.274 e. The zero-order valence-corrected chi connectivity index (χ0v) is 12.4. The van der Waals surface area contributed by atoms with Crippen molar-refractivity contribution in [3.05, 3.63) is 48.5 Å². The van der Waals surface area contributed by atoms with Crippen LogP contribution in [-0.2, 0) is 4.74 Å². The molecule has 2 aromatic rings. The molecule has 1 unspecified atom stereocenters. The van der Waals surface area contributed by atoms with Gasteiger partial charge in [0.1, 0.15) is 12.0 Å². The fourth-order valence-electron chi connectivity index (χ4n) is 3.24. The van der Waals surface area contributed by atoms with Gasteiger partial charge in [-0.25, -0.2) is 4.98 Å². The highest BCUT2D eigenvalue weighted by Gasteiger charge is 2.38. The topological polar surface area (TPSA) is 47.4 Å². The van der Waals surface area contributed by atoms with Crippen LogP contribution < -0.4 is 0 Å². The number of imidazole rings is 1. The Kier molecular flexibility index (Phi) is 3.42. The molecule has 0 saturated carbocycles. The van der Waals surface area contributed by atoms with Crippen LogP contribution in [0.25, 0.3) is 5.69 Å². The molecule has 0 spiro atoms. The van der Waals surface area contributed by atoms with Crippen molar-refractivity contribution in [2.24, 2.45) is 11.8 Å². The zero-order chi connectivity index (χ0) is 14.9. The van der Waals surface area contributed by atoms with Gasteiger partial charge >= 0.3 is 0 Å². The molecule has 3 heterocycles. The van der Waals surface area contributed by atoms with Crippen molar-refractivity contribution in [2.75, 3.05) is 26.3 Å². The van der Waals surface area contributed by atoms with Gasteiger partial charge in [-0.05, 0) is 30.4 Å². The molecule has 22 heavy (non-hydrogen) atoms. The van der Waals surface area contributed by atoms with Crippen LogP contribution in [0, 0.1) is 11.8 Å². The van der Waals surface area contributed by atoms with E-state index in [0.717, 1.165) is 38.4 Å². The lowest BCUT2D eigenvalue weighted by molar-refractivity contribution is 0.0337. The van der Waals surface area contributed by atoms with Crippen molar-refractivity contribution < 1.29 is 9.53 Å². The van der Waals surface area contributed by atoms with E-state index < -0.39 is 0 Å². The Bertz CT molecular complexity index is 656. The Labute approximate surface area is 129 Å². The minimum absolute atomic E-state index is 0.0323. The molecule has 0 N–H and O–H groups in total. The summed E-state index contributed by atoms with van der Waals surface area (Å²) in [6.07, 6.45) is 4.64. The molecule has 1 amide bonds. The smallest absolute Gasteiger partial charge is 0.274 e. The molecular weight excluding hydrogens is 278 g/mol. The Balaban J connectivity index is 1.41. The van der Waals surface area contributed by atoms with E-state index in [4.69, 9.17) is 4.74 Å². The average molecular weight is 297 g/mol.